The van der Waals surface area contributed by atoms with Crippen LogP contribution >= 0.6 is 0 Å². The Morgan fingerprint density at radius 2 is 2.00 bits per heavy atom. The quantitative estimate of drug-likeness (QED) is 0.435. The van der Waals surface area contributed by atoms with Gasteiger partial charge in [-0.05, 0) is 6.42 Å². The molecule has 0 bridgehead atoms. The molecular weight excluding hydrogens is 262 g/mol. The van der Waals surface area contributed by atoms with Crippen molar-refractivity contribution in [1.82, 2.24) is 0 Å². The summed E-state index contributed by atoms with van der Waals surface area (Å²) in [4.78, 5) is 33.7. The van der Waals surface area contributed by atoms with E-state index in [1.54, 1.807) is 13.0 Å². The largest absolute Gasteiger partial charge is 0.469 e. The SMILES string of the molecule is CCC(=O)CCC(C(=O)OC)c1ccccc1[N+](=O)[O-]. The Bertz CT molecular complexity index is 512. The molecule has 1 aromatic carbocycles. The highest BCUT2D eigenvalue weighted by Gasteiger charge is 2.28. The van der Waals surface area contributed by atoms with Crippen LogP contribution < -0.4 is 0 Å². The van der Waals surface area contributed by atoms with Gasteiger partial charge in [0, 0.05) is 24.5 Å². The van der Waals surface area contributed by atoms with E-state index in [1.807, 2.05) is 0 Å². The molecule has 0 N–H and O–H groups in total. The predicted molar refractivity (Wildman–Crippen MR) is 72.4 cm³/mol. The highest BCUT2D eigenvalue weighted by molar-refractivity contribution is 5.82. The fraction of sp³-hybridized carbons (Fsp3) is 0.429. The Morgan fingerprint density at radius 3 is 2.55 bits per heavy atom. The molecule has 1 aromatic rings. The summed E-state index contributed by atoms with van der Waals surface area (Å²) < 4.78 is 4.69. The lowest BCUT2D eigenvalue weighted by molar-refractivity contribution is -0.385. The van der Waals surface area contributed by atoms with Gasteiger partial charge in [-0.3, -0.25) is 19.7 Å². The Labute approximate surface area is 116 Å². The number of nitro benzene ring substituents is 1. The number of esters is 1. The minimum atomic E-state index is -0.794. The van der Waals surface area contributed by atoms with Crippen LogP contribution in [0.1, 0.15) is 37.7 Å². The second kappa shape index (κ2) is 7.37. The molecule has 0 aliphatic heterocycles. The Kier molecular flexibility index (Phi) is 5.83. The molecule has 0 aliphatic carbocycles. The van der Waals surface area contributed by atoms with Gasteiger partial charge in [0.05, 0.1) is 18.0 Å². The molecule has 0 spiro atoms. The molecule has 6 nitrogen and oxygen atoms in total. The van der Waals surface area contributed by atoms with E-state index < -0.39 is 16.8 Å². The van der Waals surface area contributed by atoms with Crippen LogP contribution in [0, 0.1) is 10.1 Å². The molecule has 0 amide bonds. The highest BCUT2D eigenvalue weighted by atomic mass is 16.6. The van der Waals surface area contributed by atoms with Gasteiger partial charge < -0.3 is 4.74 Å². The lowest BCUT2D eigenvalue weighted by atomic mass is 9.91. The van der Waals surface area contributed by atoms with Crippen LogP contribution in [0.15, 0.2) is 24.3 Å². The third-order valence-electron chi connectivity index (χ3n) is 3.10. The lowest BCUT2D eigenvalue weighted by Crippen LogP contribution is -2.17. The molecule has 0 fully saturated rings. The van der Waals surface area contributed by atoms with E-state index in [1.165, 1.54) is 25.3 Å². The van der Waals surface area contributed by atoms with Crippen molar-refractivity contribution in [3.8, 4) is 0 Å². The van der Waals surface area contributed by atoms with Crippen LogP contribution in [0.2, 0.25) is 0 Å². The fourth-order valence-corrected chi connectivity index (χ4v) is 1.97. The van der Waals surface area contributed by atoms with E-state index in [-0.39, 0.29) is 29.9 Å². The topological polar surface area (TPSA) is 86.5 Å². The summed E-state index contributed by atoms with van der Waals surface area (Å²) in [5, 5.41) is 11.0. The zero-order chi connectivity index (χ0) is 15.1. The number of rotatable bonds is 7. The van der Waals surface area contributed by atoms with Crippen molar-refractivity contribution in [3.05, 3.63) is 39.9 Å². The number of methoxy groups -OCH3 is 1. The molecule has 0 radical (unpaired) electrons. The van der Waals surface area contributed by atoms with Crippen LogP contribution in [-0.4, -0.2) is 23.8 Å². The molecule has 0 heterocycles. The van der Waals surface area contributed by atoms with E-state index >= 15 is 0 Å². The number of ether oxygens (including phenoxy) is 1. The third kappa shape index (κ3) is 3.88. The van der Waals surface area contributed by atoms with Crippen LogP contribution in [0.25, 0.3) is 0 Å². The minimum absolute atomic E-state index is 0.0116. The minimum Gasteiger partial charge on any atom is -0.469 e. The summed E-state index contributed by atoms with van der Waals surface area (Å²) in [5.74, 6) is -1.35. The maximum absolute atomic E-state index is 11.8. The van der Waals surface area contributed by atoms with E-state index in [0.29, 0.717) is 6.42 Å². The number of Topliss-reactive ketones (excluding diaryl/α,β-unsaturated/α-hetero) is 1. The molecular formula is C14H17NO5. The van der Waals surface area contributed by atoms with Gasteiger partial charge in [-0.25, -0.2) is 0 Å². The van der Waals surface area contributed by atoms with E-state index in [0.717, 1.165) is 0 Å². The zero-order valence-corrected chi connectivity index (χ0v) is 11.5. The highest BCUT2D eigenvalue weighted by Crippen LogP contribution is 2.30. The lowest BCUT2D eigenvalue weighted by Gasteiger charge is -2.14. The van der Waals surface area contributed by atoms with Gasteiger partial charge in [0.1, 0.15) is 5.78 Å². The molecule has 0 aliphatic rings. The first-order chi connectivity index (χ1) is 9.51. The van der Waals surface area contributed by atoms with Crippen LogP contribution in [0.4, 0.5) is 5.69 Å². The second-order valence-corrected chi connectivity index (χ2v) is 4.32. The predicted octanol–water partition coefficient (Wildman–Crippen LogP) is 2.61. The van der Waals surface area contributed by atoms with Crippen molar-refractivity contribution in [1.29, 1.82) is 0 Å². The summed E-state index contributed by atoms with van der Waals surface area (Å²) in [6.07, 6.45) is 0.789. The standard InChI is InChI=1S/C14H17NO5/c1-3-10(16)8-9-12(14(17)20-2)11-6-4-5-7-13(11)15(18)19/h4-7,12H,3,8-9H2,1-2H3. The van der Waals surface area contributed by atoms with Crippen molar-refractivity contribution in [2.45, 2.75) is 32.1 Å². The van der Waals surface area contributed by atoms with Gasteiger partial charge in [-0.15, -0.1) is 0 Å². The molecule has 1 rings (SSSR count). The average molecular weight is 279 g/mol. The first kappa shape index (κ1) is 15.8. The van der Waals surface area contributed by atoms with E-state index in [2.05, 4.69) is 0 Å². The van der Waals surface area contributed by atoms with Gasteiger partial charge in [0.15, 0.2) is 0 Å². The number of hydrogen-bond acceptors (Lipinski definition) is 5. The zero-order valence-electron chi connectivity index (χ0n) is 11.5. The fourth-order valence-electron chi connectivity index (χ4n) is 1.97. The molecule has 1 atom stereocenters. The molecule has 0 aromatic heterocycles. The first-order valence-electron chi connectivity index (χ1n) is 6.34. The van der Waals surface area contributed by atoms with Crippen molar-refractivity contribution in [2.24, 2.45) is 0 Å². The van der Waals surface area contributed by atoms with Crippen LogP contribution in [0.3, 0.4) is 0 Å². The number of benzene rings is 1. The van der Waals surface area contributed by atoms with Gasteiger partial charge in [0.2, 0.25) is 0 Å². The second-order valence-electron chi connectivity index (χ2n) is 4.32. The van der Waals surface area contributed by atoms with Crippen LogP contribution in [0.5, 0.6) is 0 Å². The summed E-state index contributed by atoms with van der Waals surface area (Å²) in [5.41, 5.74) is 0.153. The number of ketones is 1. The number of hydrogen-bond donors (Lipinski definition) is 0. The first-order valence-corrected chi connectivity index (χ1v) is 6.34. The molecule has 0 saturated heterocycles. The smallest absolute Gasteiger partial charge is 0.313 e. The van der Waals surface area contributed by atoms with Gasteiger partial charge in [-0.2, -0.15) is 0 Å². The molecule has 0 saturated carbocycles. The summed E-state index contributed by atoms with van der Waals surface area (Å²) >= 11 is 0. The van der Waals surface area contributed by atoms with Crippen molar-refractivity contribution < 1.29 is 19.2 Å². The van der Waals surface area contributed by atoms with E-state index in [4.69, 9.17) is 4.74 Å². The van der Waals surface area contributed by atoms with Gasteiger partial charge in [0.25, 0.3) is 5.69 Å². The maximum Gasteiger partial charge on any atom is 0.313 e. The Morgan fingerprint density at radius 1 is 1.35 bits per heavy atom. The van der Waals surface area contributed by atoms with Gasteiger partial charge in [-0.1, -0.05) is 25.1 Å². The molecule has 20 heavy (non-hydrogen) atoms. The normalized spacial score (nSPS) is 11.7. The summed E-state index contributed by atoms with van der Waals surface area (Å²) in [6.45, 7) is 1.74. The Hall–Kier alpha value is -2.24. The number of nitrogens with zero attached hydrogens (tertiary/aromatic N) is 1. The molecule has 6 heteroatoms. The Balaban J connectivity index is 3.08. The van der Waals surface area contributed by atoms with E-state index in [9.17, 15) is 19.7 Å². The monoisotopic (exact) mass is 279 g/mol. The number of carbonyl (C=O) groups is 2. The molecule has 1 unspecified atom stereocenters. The van der Waals surface area contributed by atoms with Crippen molar-refractivity contribution in [3.63, 3.8) is 0 Å². The summed E-state index contributed by atoms with van der Waals surface area (Å²) in [6, 6.07) is 6.02. The van der Waals surface area contributed by atoms with Gasteiger partial charge >= 0.3 is 5.97 Å². The molecule has 108 valence electrons. The van der Waals surface area contributed by atoms with Crippen LogP contribution in [-0.2, 0) is 14.3 Å². The maximum atomic E-state index is 11.8. The average Bonchev–Trinajstić information content (AvgIpc) is 2.47. The number of para-hydroxylation sites is 1. The number of nitro groups is 1. The summed E-state index contributed by atoms with van der Waals surface area (Å²) in [7, 11) is 1.23. The van der Waals surface area contributed by atoms with Crippen molar-refractivity contribution in [2.75, 3.05) is 7.11 Å². The van der Waals surface area contributed by atoms with Crippen molar-refractivity contribution >= 4 is 17.4 Å². The third-order valence-corrected chi connectivity index (χ3v) is 3.10. The number of carbonyl (C=O) groups excluding carboxylic acids is 2.